The summed E-state index contributed by atoms with van der Waals surface area (Å²) in [5, 5.41) is 6.68. The molecule has 0 bridgehead atoms. The van der Waals surface area contributed by atoms with Crippen LogP contribution < -0.4 is 11.1 Å². The highest BCUT2D eigenvalue weighted by atomic mass is 79.9. The lowest BCUT2D eigenvalue weighted by Gasteiger charge is -2.11. The fraction of sp³-hybridized carbons (Fsp3) is 0.625. The molecule has 0 fully saturated rings. The van der Waals surface area contributed by atoms with Crippen molar-refractivity contribution in [2.45, 2.75) is 32.9 Å². The van der Waals surface area contributed by atoms with Gasteiger partial charge in [0, 0.05) is 6.04 Å². The summed E-state index contributed by atoms with van der Waals surface area (Å²) >= 11 is 3.16. The number of carbonyl (C=O) groups excluding carboxylic acids is 1. The standard InChI is InChI=1S/C8H14BrN5O/c1-3-5(2)11-6(15)4-14-7(9)12-8(10)13-14/h5H,3-4H2,1-2H3,(H2,10,13)(H,11,15). The molecule has 0 aliphatic heterocycles. The minimum Gasteiger partial charge on any atom is -0.366 e. The van der Waals surface area contributed by atoms with Crippen molar-refractivity contribution in [2.24, 2.45) is 0 Å². The van der Waals surface area contributed by atoms with Gasteiger partial charge in [0.1, 0.15) is 6.54 Å². The van der Waals surface area contributed by atoms with E-state index in [0.29, 0.717) is 4.73 Å². The Hall–Kier alpha value is -1.11. The number of aromatic nitrogens is 3. The summed E-state index contributed by atoms with van der Waals surface area (Å²) in [5.74, 6) is 0.0492. The minimum absolute atomic E-state index is 0.102. The summed E-state index contributed by atoms with van der Waals surface area (Å²) in [6, 6.07) is 0.164. The van der Waals surface area contributed by atoms with Crippen LogP contribution in [0.2, 0.25) is 0 Å². The van der Waals surface area contributed by atoms with Crippen LogP contribution in [0.25, 0.3) is 0 Å². The smallest absolute Gasteiger partial charge is 0.242 e. The van der Waals surface area contributed by atoms with Gasteiger partial charge in [0.15, 0.2) is 4.73 Å². The highest BCUT2D eigenvalue weighted by Crippen LogP contribution is 2.07. The number of anilines is 1. The number of nitrogens with one attached hydrogen (secondary N) is 1. The molecule has 1 unspecified atom stereocenters. The average molecular weight is 276 g/mol. The van der Waals surface area contributed by atoms with Crippen LogP contribution in [0, 0.1) is 0 Å². The highest BCUT2D eigenvalue weighted by molar-refractivity contribution is 9.10. The predicted molar refractivity (Wildman–Crippen MR) is 60.0 cm³/mol. The number of amides is 1. The van der Waals surface area contributed by atoms with Crippen molar-refractivity contribution in [3.05, 3.63) is 4.73 Å². The van der Waals surface area contributed by atoms with E-state index in [1.165, 1.54) is 4.68 Å². The van der Waals surface area contributed by atoms with E-state index in [4.69, 9.17) is 5.73 Å². The predicted octanol–water partition coefficient (Wildman–Crippen LogP) is 0.538. The molecule has 3 N–H and O–H groups in total. The molecule has 6 nitrogen and oxygen atoms in total. The van der Waals surface area contributed by atoms with Crippen molar-refractivity contribution in [1.29, 1.82) is 0 Å². The first-order chi connectivity index (χ1) is 7.02. The third kappa shape index (κ3) is 3.50. The van der Waals surface area contributed by atoms with Gasteiger partial charge in [-0.25, -0.2) is 4.68 Å². The molecule has 84 valence electrons. The van der Waals surface area contributed by atoms with Gasteiger partial charge in [0.05, 0.1) is 0 Å². The second-order valence-electron chi connectivity index (χ2n) is 3.27. The Morgan fingerprint density at radius 3 is 2.87 bits per heavy atom. The Morgan fingerprint density at radius 1 is 1.73 bits per heavy atom. The molecule has 0 aromatic carbocycles. The monoisotopic (exact) mass is 275 g/mol. The number of hydrogen-bond acceptors (Lipinski definition) is 4. The maximum atomic E-state index is 11.5. The summed E-state index contributed by atoms with van der Waals surface area (Å²) in [6.45, 7) is 4.08. The normalized spacial score (nSPS) is 12.5. The van der Waals surface area contributed by atoms with Crippen molar-refractivity contribution in [2.75, 3.05) is 5.73 Å². The molecule has 1 atom stereocenters. The lowest BCUT2D eigenvalue weighted by molar-refractivity contribution is -0.122. The third-order valence-electron chi connectivity index (χ3n) is 1.96. The van der Waals surface area contributed by atoms with Crippen molar-refractivity contribution in [3.8, 4) is 0 Å². The molecular weight excluding hydrogens is 262 g/mol. The summed E-state index contributed by atoms with van der Waals surface area (Å²) in [7, 11) is 0. The zero-order chi connectivity index (χ0) is 11.4. The van der Waals surface area contributed by atoms with Crippen molar-refractivity contribution in [1.82, 2.24) is 20.1 Å². The fourth-order valence-corrected chi connectivity index (χ4v) is 1.39. The molecule has 0 aliphatic carbocycles. The molecule has 1 aromatic heterocycles. The van der Waals surface area contributed by atoms with Crippen LogP contribution in [0.4, 0.5) is 5.95 Å². The first-order valence-corrected chi connectivity index (χ1v) is 5.47. The zero-order valence-corrected chi connectivity index (χ0v) is 10.3. The number of rotatable bonds is 4. The van der Waals surface area contributed by atoms with Gasteiger partial charge in [-0.2, -0.15) is 4.98 Å². The van der Waals surface area contributed by atoms with E-state index in [1.807, 2.05) is 13.8 Å². The van der Waals surface area contributed by atoms with Gasteiger partial charge < -0.3 is 11.1 Å². The van der Waals surface area contributed by atoms with Crippen molar-refractivity contribution < 1.29 is 4.79 Å². The number of nitrogens with zero attached hydrogens (tertiary/aromatic N) is 3. The second kappa shape index (κ2) is 5.11. The maximum absolute atomic E-state index is 11.5. The van der Waals surface area contributed by atoms with E-state index < -0.39 is 0 Å². The Balaban J connectivity index is 2.55. The number of carbonyl (C=O) groups is 1. The Bertz CT molecular complexity index is 351. The number of halogens is 1. The van der Waals surface area contributed by atoms with Crippen LogP contribution in [0.15, 0.2) is 4.73 Å². The fourth-order valence-electron chi connectivity index (χ4n) is 0.999. The van der Waals surface area contributed by atoms with E-state index in [-0.39, 0.29) is 24.4 Å². The van der Waals surface area contributed by atoms with Gasteiger partial charge in [-0.1, -0.05) is 6.92 Å². The summed E-state index contributed by atoms with van der Waals surface area (Å²) in [5.41, 5.74) is 5.38. The highest BCUT2D eigenvalue weighted by Gasteiger charge is 2.10. The molecule has 1 aromatic rings. The van der Waals surface area contributed by atoms with Crippen molar-refractivity contribution in [3.63, 3.8) is 0 Å². The zero-order valence-electron chi connectivity index (χ0n) is 8.70. The molecule has 1 amide bonds. The number of hydrogen-bond donors (Lipinski definition) is 2. The minimum atomic E-state index is -0.102. The van der Waals surface area contributed by atoms with E-state index >= 15 is 0 Å². The molecule has 1 heterocycles. The first kappa shape index (κ1) is 12.0. The van der Waals surface area contributed by atoms with Crippen LogP contribution in [-0.2, 0) is 11.3 Å². The topological polar surface area (TPSA) is 85.8 Å². The van der Waals surface area contributed by atoms with Crippen molar-refractivity contribution >= 4 is 27.8 Å². The number of nitrogens with two attached hydrogens (primary N) is 1. The summed E-state index contributed by atoms with van der Waals surface area (Å²) in [6.07, 6.45) is 0.895. The average Bonchev–Trinajstić information content (AvgIpc) is 2.44. The lowest BCUT2D eigenvalue weighted by atomic mass is 10.2. The van der Waals surface area contributed by atoms with Gasteiger partial charge in [-0.05, 0) is 29.3 Å². The number of nitrogen functional groups attached to an aromatic ring is 1. The molecule has 0 radical (unpaired) electrons. The molecule has 0 saturated carbocycles. The molecule has 0 aliphatic rings. The molecular formula is C8H14BrN5O. The Kier molecular flexibility index (Phi) is 4.07. The Labute approximate surface area is 96.4 Å². The molecule has 1 rings (SSSR count). The van der Waals surface area contributed by atoms with Crippen LogP contribution in [0.1, 0.15) is 20.3 Å². The van der Waals surface area contributed by atoms with Crippen LogP contribution in [0.3, 0.4) is 0 Å². The third-order valence-corrected chi connectivity index (χ3v) is 2.54. The van der Waals surface area contributed by atoms with Gasteiger partial charge in [0.25, 0.3) is 0 Å². The van der Waals surface area contributed by atoms with Crippen LogP contribution in [0.5, 0.6) is 0 Å². The van der Waals surface area contributed by atoms with E-state index in [9.17, 15) is 4.79 Å². The van der Waals surface area contributed by atoms with Gasteiger partial charge in [-0.15, -0.1) is 5.10 Å². The largest absolute Gasteiger partial charge is 0.366 e. The van der Waals surface area contributed by atoms with E-state index in [1.54, 1.807) is 0 Å². The van der Waals surface area contributed by atoms with Gasteiger partial charge in [0.2, 0.25) is 11.9 Å². The second-order valence-corrected chi connectivity index (χ2v) is 3.98. The lowest BCUT2D eigenvalue weighted by Crippen LogP contribution is -2.34. The molecule has 0 spiro atoms. The van der Waals surface area contributed by atoms with Gasteiger partial charge >= 0.3 is 0 Å². The first-order valence-electron chi connectivity index (χ1n) is 4.68. The van der Waals surface area contributed by atoms with Gasteiger partial charge in [-0.3, -0.25) is 4.79 Å². The van der Waals surface area contributed by atoms with E-state index in [2.05, 4.69) is 31.3 Å². The molecule has 0 saturated heterocycles. The maximum Gasteiger partial charge on any atom is 0.242 e. The van der Waals surface area contributed by atoms with Crippen LogP contribution in [-0.4, -0.2) is 26.7 Å². The van der Waals surface area contributed by atoms with E-state index in [0.717, 1.165) is 6.42 Å². The van der Waals surface area contributed by atoms with Crippen LogP contribution >= 0.6 is 15.9 Å². The summed E-state index contributed by atoms with van der Waals surface area (Å²) < 4.78 is 1.87. The SMILES string of the molecule is CCC(C)NC(=O)Cn1nc(N)nc1Br. The Morgan fingerprint density at radius 2 is 2.40 bits per heavy atom. The molecule has 15 heavy (non-hydrogen) atoms. The summed E-state index contributed by atoms with van der Waals surface area (Å²) in [4.78, 5) is 15.3. The molecule has 7 heteroatoms. The quantitative estimate of drug-likeness (QED) is 0.840.